The number of anilines is 1. The highest BCUT2D eigenvalue weighted by Crippen LogP contribution is 2.24. The van der Waals surface area contributed by atoms with Gasteiger partial charge in [-0.25, -0.2) is 4.99 Å². The van der Waals surface area contributed by atoms with Gasteiger partial charge >= 0.3 is 0 Å². The molecule has 2 heterocycles. The van der Waals surface area contributed by atoms with Crippen molar-refractivity contribution in [1.29, 1.82) is 0 Å². The Balaban J connectivity index is 1.83. The second-order valence-electron chi connectivity index (χ2n) is 7.35. The molecule has 1 amide bonds. The Morgan fingerprint density at radius 1 is 1.36 bits per heavy atom. The molecular formula is C18H31N5OS. The molecule has 1 aromatic heterocycles. The van der Waals surface area contributed by atoms with E-state index in [9.17, 15) is 4.79 Å². The Labute approximate surface area is 155 Å². The summed E-state index contributed by atoms with van der Waals surface area (Å²) in [6.45, 7) is 11.0. The van der Waals surface area contributed by atoms with Crippen molar-refractivity contribution in [2.45, 2.75) is 52.1 Å². The number of carbonyl (C=O) groups is 1. The lowest BCUT2D eigenvalue weighted by Crippen LogP contribution is -2.49. The van der Waals surface area contributed by atoms with E-state index in [-0.39, 0.29) is 18.0 Å². The molecular weight excluding hydrogens is 334 g/mol. The largest absolute Gasteiger partial charge is 0.363 e. The highest BCUT2D eigenvalue weighted by molar-refractivity contribution is 7.14. The molecule has 3 N–H and O–H groups in total. The molecule has 0 atom stereocenters. The zero-order valence-corrected chi connectivity index (χ0v) is 16.6. The van der Waals surface area contributed by atoms with Crippen molar-refractivity contribution < 1.29 is 4.79 Å². The molecule has 1 aromatic rings. The lowest BCUT2D eigenvalue weighted by molar-refractivity contribution is -0.121. The second-order valence-corrected chi connectivity index (χ2v) is 8.28. The molecule has 25 heavy (non-hydrogen) atoms. The van der Waals surface area contributed by atoms with Crippen molar-refractivity contribution in [2.75, 3.05) is 31.1 Å². The minimum Gasteiger partial charge on any atom is -0.363 e. The van der Waals surface area contributed by atoms with E-state index < -0.39 is 0 Å². The molecule has 2 rings (SSSR count). The van der Waals surface area contributed by atoms with Gasteiger partial charge in [-0.15, -0.1) is 11.3 Å². The number of amides is 1. The van der Waals surface area contributed by atoms with Crippen LogP contribution in [-0.2, 0) is 4.79 Å². The van der Waals surface area contributed by atoms with Crippen molar-refractivity contribution in [3.63, 3.8) is 0 Å². The Morgan fingerprint density at radius 2 is 2.08 bits per heavy atom. The van der Waals surface area contributed by atoms with Gasteiger partial charge < -0.3 is 20.9 Å². The molecule has 0 aliphatic carbocycles. The first-order valence-electron chi connectivity index (χ1n) is 9.01. The number of aliphatic imine (C=N–C) groups is 1. The Hall–Kier alpha value is -1.76. The van der Waals surface area contributed by atoms with Gasteiger partial charge in [0, 0.05) is 31.2 Å². The summed E-state index contributed by atoms with van der Waals surface area (Å²) in [5.41, 5.74) is -0.229. The first-order valence-corrected chi connectivity index (χ1v) is 9.89. The molecule has 0 bridgehead atoms. The molecule has 1 fully saturated rings. The maximum atomic E-state index is 12.0. The highest BCUT2D eigenvalue weighted by atomic mass is 32.1. The van der Waals surface area contributed by atoms with E-state index in [0.29, 0.717) is 6.04 Å². The van der Waals surface area contributed by atoms with Gasteiger partial charge in [0.2, 0.25) is 5.91 Å². The van der Waals surface area contributed by atoms with Crippen LogP contribution < -0.4 is 20.9 Å². The summed E-state index contributed by atoms with van der Waals surface area (Å²) in [7, 11) is 0. The summed E-state index contributed by atoms with van der Waals surface area (Å²) in [5.74, 6) is 0.665. The Morgan fingerprint density at radius 3 is 2.64 bits per heavy atom. The van der Waals surface area contributed by atoms with Crippen LogP contribution in [0.5, 0.6) is 0 Å². The summed E-state index contributed by atoms with van der Waals surface area (Å²) in [6, 6.07) is 4.67. The van der Waals surface area contributed by atoms with Crippen LogP contribution in [0.1, 0.15) is 40.5 Å². The van der Waals surface area contributed by atoms with E-state index in [1.165, 1.54) is 5.00 Å². The maximum Gasteiger partial charge on any atom is 0.242 e. The molecule has 6 nitrogen and oxygen atoms in total. The van der Waals surface area contributed by atoms with E-state index in [2.05, 4.69) is 43.4 Å². The standard InChI is InChI=1S/C18H31N5OS/c1-5-19-17(20-13-15(24)22-18(2,3)4)21-14-8-10-23(11-9-14)16-7-6-12-25-16/h6-7,12,14H,5,8-11,13H2,1-4H3,(H,22,24)(H2,19,20,21). The van der Waals surface area contributed by atoms with Crippen LogP contribution in [0.15, 0.2) is 22.5 Å². The minimum absolute atomic E-state index is 0.0581. The molecule has 1 aliphatic heterocycles. The van der Waals surface area contributed by atoms with Crippen LogP contribution in [0.4, 0.5) is 5.00 Å². The Kier molecular flexibility index (Phi) is 7.11. The fraction of sp³-hybridized carbons (Fsp3) is 0.667. The van der Waals surface area contributed by atoms with Crippen molar-refractivity contribution in [1.82, 2.24) is 16.0 Å². The summed E-state index contributed by atoms with van der Waals surface area (Å²) >= 11 is 1.79. The van der Waals surface area contributed by atoms with Gasteiger partial charge in [-0.05, 0) is 58.0 Å². The smallest absolute Gasteiger partial charge is 0.242 e. The van der Waals surface area contributed by atoms with Crippen molar-refractivity contribution in [3.8, 4) is 0 Å². The first-order chi connectivity index (χ1) is 11.9. The monoisotopic (exact) mass is 365 g/mol. The van der Waals surface area contributed by atoms with E-state index in [0.717, 1.165) is 38.4 Å². The number of piperidine rings is 1. The number of hydrogen-bond donors (Lipinski definition) is 3. The average molecular weight is 366 g/mol. The molecule has 0 spiro atoms. The minimum atomic E-state index is -0.229. The number of guanidine groups is 1. The second kappa shape index (κ2) is 9.08. The van der Waals surface area contributed by atoms with Gasteiger partial charge in [0.15, 0.2) is 5.96 Å². The Bertz CT molecular complexity index is 557. The van der Waals surface area contributed by atoms with Crippen molar-refractivity contribution >= 4 is 28.2 Å². The fourth-order valence-electron chi connectivity index (χ4n) is 2.82. The number of nitrogens with zero attached hydrogens (tertiary/aromatic N) is 2. The van der Waals surface area contributed by atoms with Gasteiger partial charge in [0.25, 0.3) is 0 Å². The first kappa shape index (κ1) is 19.6. The summed E-state index contributed by atoms with van der Waals surface area (Å²) < 4.78 is 0. The van der Waals surface area contributed by atoms with Crippen LogP contribution >= 0.6 is 11.3 Å². The topological polar surface area (TPSA) is 68.8 Å². The zero-order valence-electron chi connectivity index (χ0n) is 15.8. The number of nitrogens with one attached hydrogen (secondary N) is 3. The van der Waals surface area contributed by atoms with Crippen LogP contribution in [0.25, 0.3) is 0 Å². The third kappa shape index (κ3) is 6.94. The lowest BCUT2D eigenvalue weighted by Gasteiger charge is -2.33. The van der Waals surface area contributed by atoms with Gasteiger partial charge in [-0.2, -0.15) is 0 Å². The lowest BCUT2D eigenvalue weighted by atomic mass is 10.1. The molecule has 1 saturated heterocycles. The molecule has 140 valence electrons. The number of carbonyl (C=O) groups excluding carboxylic acids is 1. The highest BCUT2D eigenvalue weighted by Gasteiger charge is 2.21. The van der Waals surface area contributed by atoms with Crippen LogP contribution in [0, 0.1) is 0 Å². The van der Waals surface area contributed by atoms with Gasteiger partial charge in [0.05, 0.1) is 5.00 Å². The molecule has 0 aromatic carbocycles. The normalized spacial score (nSPS) is 16.6. The third-order valence-corrected chi connectivity index (χ3v) is 4.82. The van der Waals surface area contributed by atoms with Gasteiger partial charge in [-0.3, -0.25) is 4.79 Å². The fourth-order valence-corrected chi connectivity index (χ4v) is 3.60. The molecule has 0 radical (unpaired) electrons. The number of hydrogen-bond acceptors (Lipinski definition) is 4. The summed E-state index contributed by atoms with van der Waals surface area (Å²) in [5, 5.41) is 13.1. The van der Waals surface area contributed by atoms with Crippen LogP contribution in [-0.4, -0.2) is 49.6 Å². The molecule has 1 aliphatic rings. The SMILES string of the molecule is CCNC(=NCC(=O)NC(C)(C)C)NC1CCN(c2cccs2)CC1. The van der Waals surface area contributed by atoms with Gasteiger partial charge in [0.1, 0.15) is 6.54 Å². The van der Waals surface area contributed by atoms with Crippen molar-refractivity contribution in [3.05, 3.63) is 17.5 Å². The van der Waals surface area contributed by atoms with E-state index >= 15 is 0 Å². The van der Waals surface area contributed by atoms with Crippen LogP contribution in [0.2, 0.25) is 0 Å². The van der Waals surface area contributed by atoms with Gasteiger partial charge in [-0.1, -0.05) is 0 Å². The summed E-state index contributed by atoms with van der Waals surface area (Å²) in [4.78, 5) is 18.8. The van der Waals surface area contributed by atoms with Crippen LogP contribution in [0.3, 0.4) is 0 Å². The quantitative estimate of drug-likeness (QED) is 0.553. The number of rotatable bonds is 5. The molecule has 7 heteroatoms. The summed E-state index contributed by atoms with van der Waals surface area (Å²) in [6.07, 6.45) is 2.13. The van der Waals surface area contributed by atoms with E-state index in [1.807, 2.05) is 27.7 Å². The predicted molar refractivity (Wildman–Crippen MR) is 107 cm³/mol. The third-order valence-electron chi connectivity index (χ3n) is 3.89. The number of thiophene rings is 1. The van der Waals surface area contributed by atoms with E-state index in [4.69, 9.17) is 0 Å². The maximum absolute atomic E-state index is 12.0. The van der Waals surface area contributed by atoms with Crippen molar-refractivity contribution in [2.24, 2.45) is 4.99 Å². The molecule has 0 unspecified atom stereocenters. The zero-order chi connectivity index (χ0) is 18.3. The average Bonchev–Trinajstić information content (AvgIpc) is 3.06. The van der Waals surface area contributed by atoms with E-state index in [1.54, 1.807) is 11.3 Å². The predicted octanol–water partition coefficient (Wildman–Crippen LogP) is 2.19. The molecule has 0 saturated carbocycles.